The Kier molecular flexibility index (Phi) is 4.62. The van der Waals surface area contributed by atoms with Gasteiger partial charge in [-0.1, -0.05) is 11.6 Å². The molecule has 0 amide bonds. The number of rotatable bonds is 3. The molecule has 0 unspecified atom stereocenters. The van der Waals surface area contributed by atoms with Crippen molar-refractivity contribution in [2.45, 2.75) is 11.8 Å². The molecule has 1 aromatic heterocycles. The van der Waals surface area contributed by atoms with Crippen molar-refractivity contribution in [3.8, 4) is 0 Å². The minimum absolute atomic E-state index is 0.260. The first-order valence-corrected chi connectivity index (χ1v) is 9.30. The van der Waals surface area contributed by atoms with Gasteiger partial charge in [0.1, 0.15) is 4.90 Å². The van der Waals surface area contributed by atoms with Crippen LogP contribution in [0.25, 0.3) is 0 Å². The van der Waals surface area contributed by atoms with Crippen molar-refractivity contribution in [1.82, 2.24) is 0 Å². The topological polar surface area (TPSA) is 46.2 Å². The summed E-state index contributed by atoms with van der Waals surface area (Å²) in [5.74, 6) is 0. The number of aryl methyl sites for hydroxylation is 1. The Balaban J connectivity index is 2.42. The van der Waals surface area contributed by atoms with E-state index in [0.29, 0.717) is 15.2 Å². The highest BCUT2D eigenvalue weighted by Crippen LogP contribution is 2.33. The van der Waals surface area contributed by atoms with E-state index in [0.717, 1.165) is 8.66 Å². The summed E-state index contributed by atoms with van der Waals surface area (Å²) in [4.78, 5) is 0.980. The van der Waals surface area contributed by atoms with Crippen LogP contribution in [0, 0.1) is 6.92 Å². The zero-order chi connectivity index (χ0) is 14.2. The Labute approximate surface area is 137 Å². The predicted octanol–water partition coefficient (Wildman–Crippen LogP) is 5.04. The molecule has 19 heavy (non-hydrogen) atoms. The van der Waals surface area contributed by atoms with E-state index in [4.69, 9.17) is 11.6 Å². The van der Waals surface area contributed by atoms with E-state index in [9.17, 15) is 8.42 Å². The average Bonchev–Trinajstić information content (AvgIpc) is 2.63. The molecule has 1 aromatic carbocycles. The third-order valence-corrected chi connectivity index (χ3v) is 6.41. The van der Waals surface area contributed by atoms with E-state index in [1.165, 1.54) is 11.3 Å². The molecular formula is C11H8Br2ClNO2S2. The van der Waals surface area contributed by atoms with Crippen molar-refractivity contribution < 1.29 is 8.42 Å². The molecule has 0 saturated heterocycles. The van der Waals surface area contributed by atoms with Crippen LogP contribution in [0.2, 0.25) is 5.02 Å². The van der Waals surface area contributed by atoms with Gasteiger partial charge in [0, 0.05) is 14.4 Å². The Morgan fingerprint density at radius 3 is 2.53 bits per heavy atom. The standard InChI is InChI=1S/C11H8Br2ClNO2S2/c1-6-10(5-11(13)18-6)19(16,17)15-9-4-7(14)2-3-8(9)12/h2-5,15H,1H3. The molecular weight excluding hydrogens is 438 g/mol. The third kappa shape index (κ3) is 3.52. The minimum atomic E-state index is -3.62. The van der Waals surface area contributed by atoms with Crippen molar-refractivity contribution in [3.63, 3.8) is 0 Å². The van der Waals surface area contributed by atoms with Crippen molar-refractivity contribution in [2.24, 2.45) is 0 Å². The van der Waals surface area contributed by atoms with Gasteiger partial charge in [0.05, 0.1) is 9.47 Å². The van der Waals surface area contributed by atoms with E-state index < -0.39 is 10.0 Å². The maximum absolute atomic E-state index is 12.3. The van der Waals surface area contributed by atoms with Gasteiger partial charge in [-0.2, -0.15) is 0 Å². The second-order valence-corrected chi connectivity index (χ2v) is 9.28. The molecule has 0 fully saturated rings. The van der Waals surface area contributed by atoms with Crippen LogP contribution in [0.15, 0.2) is 37.4 Å². The lowest BCUT2D eigenvalue weighted by molar-refractivity contribution is 0.601. The number of halogens is 3. The molecule has 8 heteroatoms. The van der Waals surface area contributed by atoms with E-state index in [1.54, 1.807) is 31.2 Å². The van der Waals surface area contributed by atoms with Crippen LogP contribution in [0.5, 0.6) is 0 Å². The first kappa shape index (κ1) is 15.3. The average molecular weight is 446 g/mol. The third-order valence-electron chi connectivity index (χ3n) is 2.30. The van der Waals surface area contributed by atoms with Crippen molar-refractivity contribution >= 4 is 70.5 Å². The number of hydrogen-bond donors (Lipinski definition) is 1. The molecule has 0 aliphatic heterocycles. The van der Waals surface area contributed by atoms with Crippen molar-refractivity contribution in [2.75, 3.05) is 4.72 Å². The quantitative estimate of drug-likeness (QED) is 0.720. The van der Waals surface area contributed by atoms with Gasteiger partial charge >= 0.3 is 0 Å². The van der Waals surface area contributed by atoms with E-state index in [1.807, 2.05) is 0 Å². The lowest BCUT2D eigenvalue weighted by Gasteiger charge is -2.09. The molecule has 2 aromatic rings. The molecule has 0 atom stereocenters. The number of nitrogens with one attached hydrogen (secondary N) is 1. The zero-order valence-electron chi connectivity index (χ0n) is 9.58. The molecule has 102 valence electrons. The van der Waals surface area contributed by atoms with Gasteiger partial charge in [-0.25, -0.2) is 8.42 Å². The van der Waals surface area contributed by atoms with Crippen LogP contribution in [-0.4, -0.2) is 8.42 Å². The summed E-state index contributed by atoms with van der Waals surface area (Å²) < 4.78 is 28.6. The highest BCUT2D eigenvalue weighted by molar-refractivity contribution is 9.11. The summed E-state index contributed by atoms with van der Waals surface area (Å²) in [5.41, 5.74) is 0.411. The molecule has 0 saturated carbocycles. The van der Waals surface area contributed by atoms with Gasteiger partial charge < -0.3 is 0 Å². The summed E-state index contributed by atoms with van der Waals surface area (Å²) in [6.07, 6.45) is 0. The smallest absolute Gasteiger partial charge is 0.263 e. The molecule has 1 heterocycles. The van der Waals surface area contributed by atoms with Gasteiger partial charge in [-0.15, -0.1) is 11.3 Å². The Hall–Kier alpha value is -0.0800. The summed E-state index contributed by atoms with van der Waals surface area (Å²) in [7, 11) is -3.62. The fraction of sp³-hybridized carbons (Fsp3) is 0.0909. The minimum Gasteiger partial charge on any atom is -0.278 e. The summed E-state index contributed by atoms with van der Waals surface area (Å²) >= 11 is 13.8. The van der Waals surface area contributed by atoms with E-state index in [2.05, 4.69) is 36.6 Å². The van der Waals surface area contributed by atoms with Crippen LogP contribution in [0.4, 0.5) is 5.69 Å². The summed E-state index contributed by atoms with van der Waals surface area (Å²) in [6.45, 7) is 1.76. The number of hydrogen-bond acceptors (Lipinski definition) is 3. The molecule has 0 radical (unpaired) electrons. The maximum atomic E-state index is 12.3. The second-order valence-electron chi connectivity index (χ2n) is 3.70. The zero-order valence-corrected chi connectivity index (χ0v) is 15.1. The highest BCUT2D eigenvalue weighted by atomic mass is 79.9. The van der Waals surface area contributed by atoms with Gasteiger partial charge in [-0.05, 0) is 63.0 Å². The monoisotopic (exact) mass is 443 g/mol. The first-order valence-electron chi connectivity index (χ1n) is 5.03. The van der Waals surface area contributed by atoms with Gasteiger partial charge in [-0.3, -0.25) is 4.72 Å². The lowest BCUT2D eigenvalue weighted by atomic mass is 10.3. The Bertz CT molecular complexity index is 728. The molecule has 0 aliphatic carbocycles. The Morgan fingerprint density at radius 2 is 1.95 bits per heavy atom. The summed E-state index contributed by atoms with van der Waals surface area (Å²) in [5, 5.41) is 0.462. The number of sulfonamides is 1. The lowest BCUT2D eigenvalue weighted by Crippen LogP contribution is -2.13. The Morgan fingerprint density at radius 1 is 1.26 bits per heavy atom. The fourth-order valence-corrected chi connectivity index (χ4v) is 5.61. The normalized spacial score (nSPS) is 11.6. The van der Waals surface area contributed by atoms with Crippen molar-refractivity contribution in [1.29, 1.82) is 0 Å². The number of anilines is 1. The van der Waals surface area contributed by atoms with Gasteiger partial charge in [0.2, 0.25) is 0 Å². The van der Waals surface area contributed by atoms with Crippen LogP contribution < -0.4 is 4.72 Å². The molecule has 0 aliphatic rings. The van der Waals surface area contributed by atoms with Crippen molar-refractivity contribution in [3.05, 3.63) is 42.4 Å². The highest BCUT2D eigenvalue weighted by Gasteiger charge is 2.20. The van der Waals surface area contributed by atoms with E-state index in [-0.39, 0.29) is 4.90 Å². The molecule has 0 bridgehead atoms. The van der Waals surface area contributed by atoms with E-state index >= 15 is 0 Å². The van der Waals surface area contributed by atoms with Crippen LogP contribution in [0.1, 0.15) is 4.88 Å². The predicted molar refractivity (Wildman–Crippen MR) is 86.7 cm³/mol. The SMILES string of the molecule is Cc1sc(Br)cc1S(=O)(=O)Nc1cc(Cl)ccc1Br. The number of benzene rings is 1. The molecule has 1 N–H and O–H groups in total. The first-order chi connectivity index (χ1) is 8.79. The molecule has 3 nitrogen and oxygen atoms in total. The largest absolute Gasteiger partial charge is 0.278 e. The van der Waals surface area contributed by atoms with Gasteiger partial charge in [0.15, 0.2) is 0 Å². The number of thiophene rings is 1. The molecule has 2 rings (SSSR count). The van der Waals surface area contributed by atoms with Crippen LogP contribution >= 0.6 is 54.8 Å². The van der Waals surface area contributed by atoms with Crippen LogP contribution in [-0.2, 0) is 10.0 Å². The second kappa shape index (κ2) is 5.73. The summed E-state index contributed by atoms with van der Waals surface area (Å²) in [6, 6.07) is 6.51. The van der Waals surface area contributed by atoms with Gasteiger partial charge in [0.25, 0.3) is 10.0 Å². The fourth-order valence-electron chi connectivity index (χ4n) is 1.47. The maximum Gasteiger partial charge on any atom is 0.263 e. The molecule has 0 spiro atoms. The van der Waals surface area contributed by atoms with Crippen LogP contribution in [0.3, 0.4) is 0 Å².